The molecule has 2 amide bonds. The quantitative estimate of drug-likeness (QED) is 0.191. The molecule has 10 nitrogen and oxygen atoms in total. The minimum absolute atomic E-state index is 0.00738. The van der Waals surface area contributed by atoms with Crippen molar-refractivity contribution in [3.05, 3.63) is 53.6 Å². The van der Waals surface area contributed by atoms with Crippen LogP contribution in [0.15, 0.2) is 42.5 Å². The Morgan fingerprint density at radius 2 is 1.64 bits per heavy atom. The molecule has 0 aromatic heterocycles. The van der Waals surface area contributed by atoms with Crippen molar-refractivity contribution in [2.75, 3.05) is 44.9 Å². The zero-order chi connectivity index (χ0) is 32.9. The normalized spacial score (nSPS) is 20.6. The molecule has 0 spiro atoms. The fraction of sp³-hybridized carbons (Fsp3) is 0.588. The first kappa shape index (κ1) is 34.7. The van der Waals surface area contributed by atoms with Gasteiger partial charge in [0.05, 0.1) is 31.0 Å². The van der Waals surface area contributed by atoms with Gasteiger partial charge in [-0.1, -0.05) is 59.7 Å². The standard InChI is InChI=1S/C34H50N2O8Si/c1-22(2)45(23(3)4,24(5)6)44-31-19-35(34(39)40)18-30(33(31)26-10-12-27(37)13-11-26)42-20-25-9-14-29-28(17-25)36(15-8-16-41-7)32(38)21-43-29/h9-14,17,22-24,30-31,33,37H,8,15-16,18-21H2,1-7H3,(H,39,40)/t30-,31+,33+/m0/s1. The monoisotopic (exact) mass is 642 g/mol. The van der Waals surface area contributed by atoms with Crippen molar-refractivity contribution in [3.8, 4) is 11.5 Å². The number of anilines is 1. The van der Waals surface area contributed by atoms with Crippen LogP contribution in [0.3, 0.4) is 0 Å². The minimum Gasteiger partial charge on any atom is -0.508 e. The Balaban J connectivity index is 1.68. The van der Waals surface area contributed by atoms with Crippen molar-refractivity contribution < 1.29 is 38.4 Å². The summed E-state index contributed by atoms with van der Waals surface area (Å²) in [5.41, 5.74) is 3.39. The van der Waals surface area contributed by atoms with E-state index in [1.807, 2.05) is 30.3 Å². The van der Waals surface area contributed by atoms with Crippen molar-refractivity contribution in [1.82, 2.24) is 4.90 Å². The Hall–Kier alpha value is -3.12. The van der Waals surface area contributed by atoms with Crippen LogP contribution in [-0.2, 0) is 25.3 Å². The number of piperidine rings is 1. The Morgan fingerprint density at radius 3 is 2.24 bits per heavy atom. The van der Waals surface area contributed by atoms with Crippen molar-refractivity contribution >= 4 is 26.0 Å². The van der Waals surface area contributed by atoms with E-state index in [-0.39, 0.29) is 43.9 Å². The molecule has 0 aliphatic carbocycles. The lowest BCUT2D eigenvalue weighted by Crippen LogP contribution is -2.59. The topological polar surface area (TPSA) is 118 Å². The number of amides is 2. The highest BCUT2D eigenvalue weighted by molar-refractivity contribution is 6.77. The van der Waals surface area contributed by atoms with E-state index in [1.165, 1.54) is 4.90 Å². The van der Waals surface area contributed by atoms with E-state index in [0.29, 0.717) is 47.6 Å². The van der Waals surface area contributed by atoms with Gasteiger partial charge in [0.1, 0.15) is 11.5 Å². The minimum atomic E-state index is -2.41. The van der Waals surface area contributed by atoms with E-state index in [9.17, 15) is 19.8 Å². The first-order valence-corrected chi connectivity index (χ1v) is 18.1. The van der Waals surface area contributed by atoms with Gasteiger partial charge in [0.25, 0.3) is 5.91 Å². The van der Waals surface area contributed by atoms with Gasteiger partial charge in [-0.3, -0.25) is 4.79 Å². The number of hydrogen-bond donors (Lipinski definition) is 2. The Morgan fingerprint density at radius 1 is 1.00 bits per heavy atom. The summed E-state index contributed by atoms with van der Waals surface area (Å²) in [6.07, 6.45) is -1.27. The number of nitrogens with zero attached hydrogens (tertiary/aromatic N) is 2. The van der Waals surface area contributed by atoms with E-state index in [2.05, 4.69) is 41.5 Å². The largest absolute Gasteiger partial charge is 0.508 e. The number of carbonyl (C=O) groups excluding carboxylic acids is 1. The number of carboxylic acid groups (broad SMARTS) is 1. The number of fused-ring (bicyclic) bond motifs is 1. The van der Waals surface area contributed by atoms with Gasteiger partial charge in [0.15, 0.2) is 6.61 Å². The molecule has 2 aliphatic heterocycles. The van der Waals surface area contributed by atoms with E-state index in [0.717, 1.165) is 11.1 Å². The molecule has 2 aliphatic rings. The molecule has 4 rings (SSSR count). The molecule has 1 saturated heterocycles. The number of likely N-dealkylation sites (tertiary alicyclic amines) is 1. The number of carbonyl (C=O) groups is 2. The van der Waals surface area contributed by atoms with E-state index in [4.69, 9.17) is 18.6 Å². The first-order valence-electron chi connectivity index (χ1n) is 16.0. The van der Waals surface area contributed by atoms with Crippen LogP contribution in [0.25, 0.3) is 0 Å². The molecule has 2 aromatic rings. The average Bonchev–Trinajstić information content (AvgIpc) is 2.99. The molecule has 2 aromatic carbocycles. The van der Waals surface area contributed by atoms with Crippen LogP contribution in [-0.4, -0.2) is 87.6 Å². The van der Waals surface area contributed by atoms with Crippen LogP contribution in [0.2, 0.25) is 16.6 Å². The van der Waals surface area contributed by atoms with Crippen LogP contribution in [0.1, 0.15) is 65.0 Å². The zero-order valence-corrected chi connectivity index (χ0v) is 28.7. The molecular weight excluding hydrogens is 592 g/mol. The van der Waals surface area contributed by atoms with Gasteiger partial charge in [0, 0.05) is 32.7 Å². The summed E-state index contributed by atoms with van der Waals surface area (Å²) < 4.78 is 24.8. The van der Waals surface area contributed by atoms with E-state index >= 15 is 0 Å². The van der Waals surface area contributed by atoms with Gasteiger partial charge in [0.2, 0.25) is 8.32 Å². The smallest absolute Gasteiger partial charge is 0.407 e. The highest BCUT2D eigenvalue weighted by Crippen LogP contribution is 2.46. The average molecular weight is 643 g/mol. The number of methoxy groups -OCH3 is 1. The zero-order valence-electron chi connectivity index (χ0n) is 27.7. The van der Waals surface area contributed by atoms with Gasteiger partial charge < -0.3 is 38.6 Å². The number of rotatable bonds is 13. The number of ether oxygens (including phenoxy) is 3. The Labute approximate surface area is 268 Å². The Bertz CT molecular complexity index is 1280. The summed E-state index contributed by atoms with van der Waals surface area (Å²) in [5, 5.41) is 20.3. The van der Waals surface area contributed by atoms with Crippen molar-refractivity contribution in [1.29, 1.82) is 0 Å². The summed E-state index contributed by atoms with van der Waals surface area (Å²) in [6, 6.07) is 12.8. The molecule has 0 radical (unpaired) electrons. The Kier molecular flexibility index (Phi) is 11.6. The SMILES string of the molecule is COCCCN1C(=O)COc2ccc(CO[C@H]3CN(C(=O)O)C[C@@H](O[Si](C(C)C)(C(C)C)C(C)C)[C@@H]3c3ccc(O)cc3)cc21. The fourth-order valence-electron chi connectivity index (χ4n) is 7.35. The second kappa shape index (κ2) is 15.0. The molecule has 11 heteroatoms. The summed E-state index contributed by atoms with van der Waals surface area (Å²) in [4.78, 5) is 28.3. The molecular formula is C34H50N2O8Si. The number of phenolic OH excluding ortho intramolecular Hbond substituents is 1. The maximum Gasteiger partial charge on any atom is 0.407 e. The maximum atomic E-state index is 12.7. The number of aromatic hydroxyl groups is 1. The van der Waals surface area contributed by atoms with Gasteiger partial charge in [-0.15, -0.1) is 0 Å². The third-order valence-electron chi connectivity index (χ3n) is 9.37. The summed E-state index contributed by atoms with van der Waals surface area (Å²) in [6.45, 7) is 15.0. The third-order valence-corrected chi connectivity index (χ3v) is 15.5. The number of benzene rings is 2. The number of hydrogen-bond acceptors (Lipinski definition) is 7. The second-order valence-corrected chi connectivity index (χ2v) is 18.5. The van der Waals surface area contributed by atoms with Crippen LogP contribution in [0, 0.1) is 0 Å². The molecule has 0 bridgehead atoms. The highest BCUT2D eigenvalue weighted by atomic mass is 28.4. The maximum absolute atomic E-state index is 12.7. The van der Waals surface area contributed by atoms with Crippen LogP contribution in [0.5, 0.6) is 11.5 Å². The molecule has 0 unspecified atom stereocenters. The molecule has 248 valence electrons. The molecule has 1 fully saturated rings. The lowest BCUT2D eigenvalue weighted by atomic mass is 9.84. The number of phenols is 1. The van der Waals surface area contributed by atoms with Gasteiger partial charge in [-0.2, -0.15) is 0 Å². The van der Waals surface area contributed by atoms with E-state index in [1.54, 1.807) is 24.1 Å². The first-order chi connectivity index (χ1) is 21.4. The fourth-order valence-corrected chi connectivity index (χ4v) is 12.9. The molecule has 2 N–H and O–H groups in total. The van der Waals surface area contributed by atoms with Crippen molar-refractivity contribution in [2.45, 2.75) is 89.3 Å². The summed E-state index contributed by atoms with van der Waals surface area (Å²) in [5.74, 6) is 0.421. The summed E-state index contributed by atoms with van der Waals surface area (Å²) >= 11 is 0. The van der Waals surface area contributed by atoms with Crippen LogP contribution < -0.4 is 9.64 Å². The van der Waals surface area contributed by atoms with Crippen molar-refractivity contribution in [2.24, 2.45) is 0 Å². The summed E-state index contributed by atoms with van der Waals surface area (Å²) in [7, 11) is -0.773. The van der Waals surface area contributed by atoms with Crippen molar-refractivity contribution in [3.63, 3.8) is 0 Å². The van der Waals surface area contributed by atoms with E-state index < -0.39 is 26.6 Å². The predicted molar refractivity (Wildman–Crippen MR) is 176 cm³/mol. The molecule has 0 saturated carbocycles. The second-order valence-electron chi connectivity index (χ2n) is 13.1. The van der Waals surface area contributed by atoms with Gasteiger partial charge in [-0.05, 0) is 58.4 Å². The van der Waals surface area contributed by atoms with Crippen LogP contribution >= 0.6 is 0 Å². The molecule has 3 atom stereocenters. The lowest BCUT2D eigenvalue weighted by Gasteiger charge is -2.50. The molecule has 45 heavy (non-hydrogen) atoms. The van der Waals surface area contributed by atoms with Gasteiger partial charge in [-0.25, -0.2) is 4.79 Å². The van der Waals surface area contributed by atoms with Crippen LogP contribution in [0.4, 0.5) is 10.5 Å². The molecule has 2 heterocycles. The van der Waals surface area contributed by atoms with Gasteiger partial charge >= 0.3 is 6.09 Å². The highest BCUT2D eigenvalue weighted by Gasteiger charge is 2.51. The third kappa shape index (κ3) is 7.65. The predicted octanol–water partition coefficient (Wildman–Crippen LogP) is 6.38. The lowest BCUT2D eigenvalue weighted by molar-refractivity contribution is -0.121.